The number of ether oxygens (including phenoxy) is 1. The molecule has 25 heavy (non-hydrogen) atoms. The molecule has 0 aromatic carbocycles. The lowest BCUT2D eigenvalue weighted by Gasteiger charge is -2.33. The van der Waals surface area contributed by atoms with Gasteiger partial charge < -0.3 is 9.64 Å². The van der Waals surface area contributed by atoms with Gasteiger partial charge in [-0.15, -0.1) is 11.3 Å². The quantitative estimate of drug-likeness (QED) is 0.691. The van der Waals surface area contributed by atoms with E-state index in [9.17, 15) is 18.0 Å². The first-order chi connectivity index (χ1) is 11.8. The Kier molecular flexibility index (Phi) is 5.38. The Labute approximate surface area is 155 Å². The van der Waals surface area contributed by atoms with Crippen molar-refractivity contribution in [2.75, 3.05) is 32.8 Å². The van der Waals surface area contributed by atoms with Crippen LogP contribution in [0.4, 0.5) is 0 Å². The van der Waals surface area contributed by atoms with Crippen LogP contribution in [0.5, 0.6) is 0 Å². The van der Waals surface area contributed by atoms with E-state index in [4.69, 9.17) is 16.3 Å². The van der Waals surface area contributed by atoms with Crippen molar-refractivity contribution >= 4 is 44.8 Å². The van der Waals surface area contributed by atoms with Crippen LogP contribution in [0.15, 0.2) is 16.3 Å². The van der Waals surface area contributed by atoms with Crippen molar-refractivity contribution in [2.45, 2.75) is 17.6 Å². The first-order valence-corrected chi connectivity index (χ1v) is 10.6. The molecule has 0 N–H and O–H groups in total. The monoisotopic (exact) mass is 406 g/mol. The van der Waals surface area contributed by atoms with Gasteiger partial charge in [-0.1, -0.05) is 18.5 Å². The average molecular weight is 407 g/mol. The first kappa shape index (κ1) is 18.6. The van der Waals surface area contributed by atoms with E-state index in [1.807, 2.05) is 6.92 Å². The van der Waals surface area contributed by atoms with Crippen LogP contribution in [-0.4, -0.2) is 62.3 Å². The molecule has 1 amide bonds. The number of carbonyl (C=O) groups excluding carboxylic acids is 2. The summed E-state index contributed by atoms with van der Waals surface area (Å²) < 4.78 is 32.0. The second-order valence-electron chi connectivity index (χ2n) is 6.27. The zero-order valence-corrected chi connectivity index (χ0v) is 16.1. The van der Waals surface area contributed by atoms with Gasteiger partial charge >= 0.3 is 5.97 Å². The predicted octanol–water partition coefficient (Wildman–Crippen LogP) is 1.43. The molecule has 2 heterocycles. The molecule has 2 atom stereocenters. The Bertz CT molecular complexity index is 771. The van der Waals surface area contributed by atoms with E-state index < -0.39 is 10.0 Å². The Balaban J connectivity index is 1.49. The number of nitrogens with zero attached hydrogens (tertiary/aromatic N) is 2. The maximum atomic E-state index is 12.5. The van der Waals surface area contributed by atoms with Crippen LogP contribution < -0.4 is 0 Å². The van der Waals surface area contributed by atoms with Crippen molar-refractivity contribution in [3.63, 3.8) is 0 Å². The number of hydrogen-bond acceptors (Lipinski definition) is 6. The zero-order valence-electron chi connectivity index (χ0n) is 13.7. The summed E-state index contributed by atoms with van der Waals surface area (Å²) in [6.45, 7) is 2.64. The molecule has 1 aromatic rings. The minimum absolute atomic E-state index is 0.0765. The van der Waals surface area contributed by atoms with Crippen molar-refractivity contribution in [3.05, 3.63) is 16.5 Å². The van der Waals surface area contributed by atoms with Crippen LogP contribution in [0.25, 0.3) is 0 Å². The van der Waals surface area contributed by atoms with Crippen LogP contribution in [0.2, 0.25) is 4.34 Å². The summed E-state index contributed by atoms with van der Waals surface area (Å²) in [6, 6.07) is 3.03. The summed E-state index contributed by atoms with van der Waals surface area (Å²) in [5.41, 5.74) is 0. The molecule has 1 aliphatic heterocycles. The number of hydrogen-bond donors (Lipinski definition) is 0. The smallest absolute Gasteiger partial charge is 0.309 e. The van der Waals surface area contributed by atoms with Crippen LogP contribution >= 0.6 is 22.9 Å². The summed E-state index contributed by atoms with van der Waals surface area (Å²) in [7, 11) is -3.58. The zero-order chi connectivity index (χ0) is 18.2. The highest BCUT2D eigenvalue weighted by Gasteiger charge is 2.41. The Hall–Kier alpha value is -1.16. The number of esters is 1. The molecule has 0 unspecified atom stereocenters. The largest absolute Gasteiger partial charge is 0.455 e. The molecule has 2 aliphatic rings. The molecule has 138 valence electrons. The van der Waals surface area contributed by atoms with E-state index in [1.165, 1.54) is 15.3 Å². The van der Waals surface area contributed by atoms with Crippen LogP contribution in [0.1, 0.15) is 13.3 Å². The van der Waals surface area contributed by atoms with E-state index in [-0.39, 0.29) is 54.8 Å². The van der Waals surface area contributed by atoms with E-state index in [1.54, 1.807) is 6.07 Å². The number of sulfonamides is 1. The Morgan fingerprint density at radius 1 is 1.28 bits per heavy atom. The molecule has 3 rings (SSSR count). The highest BCUT2D eigenvalue weighted by atomic mass is 35.5. The molecule has 1 aliphatic carbocycles. The molecule has 0 bridgehead atoms. The van der Waals surface area contributed by atoms with Gasteiger partial charge in [-0.2, -0.15) is 4.31 Å². The summed E-state index contributed by atoms with van der Waals surface area (Å²) in [5.74, 6) is -0.357. The number of thiophene rings is 1. The van der Waals surface area contributed by atoms with E-state index >= 15 is 0 Å². The van der Waals surface area contributed by atoms with Crippen molar-refractivity contribution in [1.82, 2.24) is 9.21 Å². The molecule has 0 radical (unpaired) electrons. The third-order valence-corrected chi connectivity index (χ3v) is 8.08. The number of rotatable bonds is 5. The fraction of sp³-hybridized carbons (Fsp3) is 0.600. The number of amides is 1. The third kappa shape index (κ3) is 4.16. The SMILES string of the molecule is C[C@H]1C[C@@H]1C(=O)OCC(=O)N1CCN(S(=O)(=O)c2ccc(Cl)s2)CC1. The second kappa shape index (κ2) is 7.22. The van der Waals surface area contributed by atoms with Crippen molar-refractivity contribution in [2.24, 2.45) is 11.8 Å². The van der Waals surface area contributed by atoms with Crippen molar-refractivity contribution in [3.8, 4) is 0 Å². The Morgan fingerprint density at radius 2 is 1.92 bits per heavy atom. The summed E-state index contributed by atoms with van der Waals surface area (Å²) >= 11 is 6.82. The molecule has 10 heteroatoms. The second-order valence-corrected chi connectivity index (χ2v) is 10.2. The molecule has 1 saturated heterocycles. The standard InChI is InChI=1S/C15H19ClN2O5S2/c1-10-8-11(10)15(20)23-9-13(19)17-4-6-18(7-5-17)25(21,22)14-3-2-12(16)24-14/h2-3,10-11H,4-9H2,1H3/t10-,11-/m0/s1. The lowest BCUT2D eigenvalue weighted by molar-refractivity contribution is -0.153. The fourth-order valence-corrected chi connectivity index (χ4v) is 5.78. The molecular weight excluding hydrogens is 388 g/mol. The maximum absolute atomic E-state index is 12.5. The molecule has 1 aromatic heterocycles. The fourth-order valence-electron chi connectivity index (χ4n) is 2.72. The lowest BCUT2D eigenvalue weighted by atomic mass is 10.3. The van der Waals surface area contributed by atoms with Gasteiger partial charge in [0.05, 0.1) is 10.3 Å². The third-order valence-electron chi connectivity index (χ3n) is 4.48. The number of carbonyl (C=O) groups is 2. The van der Waals surface area contributed by atoms with Crippen molar-refractivity contribution in [1.29, 1.82) is 0 Å². The summed E-state index contributed by atoms with van der Waals surface area (Å²) in [5, 5.41) is 0. The minimum Gasteiger partial charge on any atom is -0.455 e. The maximum Gasteiger partial charge on any atom is 0.309 e. The van der Waals surface area contributed by atoms with Gasteiger partial charge in [-0.05, 0) is 24.5 Å². The van der Waals surface area contributed by atoms with Gasteiger partial charge in [0.1, 0.15) is 4.21 Å². The molecular formula is C15H19ClN2O5S2. The normalized spacial score (nSPS) is 24.2. The summed E-state index contributed by atoms with van der Waals surface area (Å²) in [4.78, 5) is 25.3. The van der Waals surface area contributed by atoms with Gasteiger partial charge in [-0.3, -0.25) is 9.59 Å². The van der Waals surface area contributed by atoms with Gasteiger partial charge in [0.25, 0.3) is 15.9 Å². The molecule has 0 spiro atoms. The Morgan fingerprint density at radius 3 is 2.44 bits per heavy atom. The van der Waals surface area contributed by atoms with E-state index in [2.05, 4.69) is 0 Å². The van der Waals surface area contributed by atoms with Crippen molar-refractivity contribution < 1.29 is 22.7 Å². The number of piperazine rings is 1. The lowest BCUT2D eigenvalue weighted by Crippen LogP contribution is -2.51. The molecule has 2 fully saturated rings. The van der Waals surface area contributed by atoms with E-state index in [0.717, 1.165) is 17.8 Å². The van der Waals surface area contributed by atoms with Crippen LogP contribution in [-0.2, 0) is 24.3 Å². The average Bonchev–Trinajstić information content (AvgIpc) is 3.16. The van der Waals surface area contributed by atoms with E-state index in [0.29, 0.717) is 10.3 Å². The van der Waals surface area contributed by atoms with Crippen LogP contribution in [0, 0.1) is 11.8 Å². The predicted molar refractivity (Wildman–Crippen MR) is 92.9 cm³/mol. The highest BCUT2D eigenvalue weighted by Crippen LogP contribution is 2.38. The summed E-state index contributed by atoms with van der Waals surface area (Å²) in [6.07, 6.45) is 0.816. The van der Waals surface area contributed by atoms with Crippen LogP contribution in [0.3, 0.4) is 0 Å². The van der Waals surface area contributed by atoms with Gasteiger partial charge in [0.15, 0.2) is 6.61 Å². The van der Waals surface area contributed by atoms with Gasteiger partial charge in [0.2, 0.25) is 0 Å². The topological polar surface area (TPSA) is 84.0 Å². The number of halogens is 1. The first-order valence-electron chi connectivity index (χ1n) is 7.99. The van der Waals surface area contributed by atoms with Gasteiger partial charge in [-0.25, -0.2) is 8.42 Å². The van der Waals surface area contributed by atoms with Gasteiger partial charge in [0, 0.05) is 26.2 Å². The molecule has 1 saturated carbocycles. The highest BCUT2D eigenvalue weighted by molar-refractivity contribution is 7.91. The minimum atomic E-state index is -3.58. The molecule has 7 nitrogen and oxygen atoms in total.